The highest BCUT2D eigenvalue weighted by atomic mass is 79.9. The maximum Gasteiger partial charge on any atom is 0.348 e. The van der Waals surface area contributed by atoms with Crippen molar-refractivity contribution in [2.75, 3.05) is 6.61 Å². The summed E-state index contributed by atoms with van der Waals surface area (Å²) < 4.78 is 37.2. The Labute approximate surface area is 80.5 Å². The third kappa shape index (κ3) is 3.47. The minimum atomic E-state index is -3.93. The first-order valence-electron chi connectivity index (χ1n) is 2.94. The molecule has 0 heterocycles. The van der Waals surface area contributed by atoms with Crippen LogP contribution in [0.3, 0.4) is 0 Å². The van der Waals surface area contributed by atoms with Gasteiger partial charge >= 0.3 is 4.83 Å². The van der Waals surface area contributed by atoms with Gasteiger partial charge in [0.25, 0.3) is 5.13 Å². The molecule has 0 aliphatic heterocycles. The second-order valence-electron chi connectivity index (χ2n) is 2.24. The van der Waals surface area contributed by atoms with E-state index in [1.807, 2.05) is 0 Å². The van der Waals surface area contributed by atoms with Crippen molar-refractivity contribution in [1.82, 2.24) is 0 Å². The minimum Gasteiger partial charge on any atom is -0.394 e. The normalized spacial score (nSPS) is 20.2. The van der Waals surface area contributed by atoms with Gasteiger partial charge < -0.3 is 10.2 Å². The summed E-state index contributed by atoms with van der Waals surface area (Å²) >= 11 is 6.48. The molecule has 0 aliphatic rings. The first-order valence-corrected chi connectivity index (χ1v) is 4.11. The summed E-state index contributed by atoms with van der Waals surface area (Å²) in [4.78, 5) is -3.93. The van der Waals surface area contributed by atoms with E-state index in [0.29, 0.717) is 0 Å². The second kappa shape index (κ2) is 4.13. The molecule has 2 unspecified atom stereocenters. The van der Waals surface area contributed by atoms with E-state index >= 15 is 0 Å². The molecule has 2 nitrogen and oxygen atoms in total. The fraction of sp³-hybridized carbons (Fsp3) is 1.00. The van der Waals surface area contributed by atoms with Gasteiger partial charge in [0.15, 0.2) is 0 Å². The van der Waals surface area contributed by atoms with Gasteiger partial charge in [0.1, 0.15) is 0 Å². The fourth-order valence-corrected chi connectivity index (χ4v) is 0.816. The standard InChI is InChI=1S/C5H7BrClF3O2/c6-5(9,10)4(7,8)1-3(12)2-11/h3,11-12H,1-2H2. The summed E-state index contributed by atoms with van der Waals surface area (Å²) in [7, 11) is 0. The molecule has 0 fully saturated rings. The summed E-state index contributed by atoms with van der Waals surface area (Å²) in [5.41, 5.74) is 0. The van der Waals surface area contributed by atoms with Crippen molar-refractivity contribution in [3.8, 4) is 0 Å². The van der Waals surface area contributed by atoms with Gasteiger partial charge in [0, 0.05) is 6.42 Å². The lowest BCUT2D eigenvalue weighted by molar-refractivity contribution is -0.0402. The molecule has 0 aromatic carbocycles. The molecule has 0 aromatic rings. The van der Waals surface area contributed by atoms with E-state index in [1.165, 1.54) is 0 Å². The van der Waals surface area contributed by atoms with E-state index < -0.39 is 29.1 Å². The van der Waals surface area contributed by atoms with Gasteiger partial charge in [-0.15, -0.1) is 0 Å². The Hall–Kier alpha value is 0.480. The van der Waals surface area contributed by atoms with E-state index in [4.69, 9.17) is 21.8 Å². The van der Waals surface area contributed by atoms with Crippen LogP contribution in [0.5, 0.6) is 0 Å². The Morgan fingerprint density at radius 1 is 1.42 bits per heavy atom. The Morgan fingerprint density at radius 2 is 1.83 bits per heavy atom. The van der Waals surface area contributed by atoms with Crippen LogP contribution in [0.4, 0.5) is 13.2 Å². The van der Waals surface area contributed by atoms with E-state index in [1.54, 1.807) is 15.9 Å². The third-order valence-electron chi connectivity index (χ3n) is 1.12. The molecule has 0 saturated carbocycles. The lowest BCUT2D eigenvalue weighted by Crippen LogP contribution is -2.38. The molecule has 12 heavy (non-hydrogen) atoms. The number of rotatable bonds is 4. The third-order valence-corrected chi connectivity index (χ3v) is 2.37. The summed E-state index contributed by atoms with van der Waals surface area (Å²) in [6.45, 7) is -0.818. The van der Waals surface area contributed by atoms with Crippen molar-refractivity contribution in [3.63, 3.8) is 0 Å². The molecule has 2 N–H and O–H groups in total. The second-order valence-corrected chi connectivity index (χ2v) is 3.84. The van der Waals surface area contributed by atoms with Crippen LogP contribution in [-0.4, -0.2) is 32.9 Å². The van der Waals surface area contributed by atoms with Gasteiger partial charge in [0.05, 0.1) is 12.7 Å². The topological polar surface area (TPSA) is 40.5 Å². The van der Waals surface area contributed by atoms with Crippen molar-refractivity contribution in [2.45, 2.75) is 22.5 Å². The summed E-state index contributed by atoms with van der Waals surface area (Å²) in [5.74, 6) is 0. The van der Waals surface area contributed by atoms with Crippen molar-refractivity contribution >= 4 is 27.5 Å². The predicted molar refractivity (Wildman–Crippen MR) is 41.3 cm³/mol. The van der Waals surface area contributed by atoms with Gasteiger partial charge in [0.2, 0.25) is 0 Å². The largest absolute Gasteiger partial charge is 0.394 e. The van der Waals surface area contributed by atoms with Crippen molar-refractivity contribution in [3.05, 3.63) is 0 Å². The minimum absolute atomic E-state index is 0.818. The summed E-state index contributed by atoms with van der Waals surface area (Å²) in [5, 5.41) is 13.5. The molecule has 0 aromatic heterocycles. The lowest BCUT2D eigenvalue weighted by Gasteiger charge is -2.24. The lowest BCUT2D eigenvalue weighted by atomic mass is 10.2. The van der Waals surface area contributed by atoms with Crippen molar-refractivity contribution in [2.24, 2.45) is 0 Å². The Kier molecular flexibility index (Phi) is 4.29. The van der Waals surface area contributed by atoms with Crippen molar-refractivity contribution < 1.29 is 23.4 Å². The van der Waals surface area contributed by atoms with Crippen molar-refractivity contribution in [1.29, 1.82) is 0 Å². The molecular weight excluding hydrogens is 264 g/mol. The molecule has 0 radical (unpaired) electrons. The van der Waals surface area contributed by atoms with Crippen LogP contribution in [0, 0.1) is 0 Å². The van der Waals surface area contributed by atoms with Crippen LogP contribution >= 0.6 is 27.5 Å². The van der Waals surface area contributed by atoms with E-state index in [0.717, 1.165) is 0 Å². The van der Waals surface area contributed by atoms with E-state index in [9.17, 15) is 13.2 Å². The molecule has 2 atom stereocenters. The van der Waals surface area contributed by atoms with Crippen LogP contribution in [0.2, 0.25) is 0 Å². The maximum atomic E-state index is 12.7. The van der Waals surface area contributed by atoms with E-state index in [2.05, 4.69) is 0 Å². The fourth-order valence-electron chi connectivity index (χ4n) is 0.476. The Morgan fingerprint density at radius 3 is 2.08 bits per heavy atom. The Balaban J connectivity index is 4.22. The highest BCUT2D eigenvalue weighted by Crippen LogP contribution is 2.44. The van der Waals surface area contributed by atoms with Crippen LogP contribution in [0.1, 0.15) is 6.42 Å². The van der Waals surface area contributed by atoms with Gasteiger partial charge in [-0.3, -0.25) is 0 Å². The maximum absolute atomic E-state index is 12.7. The van der Waals surface area contributed by atoms with Gasteiger partial charge in [-0.1, -0.05) is 11.6 Å². The molecule has 0 spiro atoms. The number of alkyl halides is 5. The number of hydrogen-bond acceptors (Lipinski definition) is 2. The monoisotopic (exact) mass is 270 g/mol. The van der Waals surface area contributed by atoms with Crippen LogP contribution in [0.25, 0.3) is 0 Å². The average molecular weight is 271 g/mol. The SMILES string of the molecule is OCC(O)CC(F)(Cl)C(F)(F)Br. The highest BCUT2D eigenvalue weighted by molar-refractivity contribution is 9.10. The van der Waals surface area contributed by atoms with Gasteiger partial charge in [-0.25, -0.2) is 4.39 Å². The summed E-state index contributed by atoms with van der Waals surface area (Å²) in [6, 6.07) is 0. The van der Waals surface area contributed by atoms with Crippen LogP contribution in [-0.2, 0) is 0 Å². The number of aliphatic hydroxyl groups is 2. The zero-order chi connectivity index (χ0) is 9.99. The van der Waals surface area contributed by atoms with Crippen LogP contribution < -0.4 is 0 Å². The van der Waals surface area contributed by atoms with E-state index in [-0.39, 0.29) is 0 Å². The molecule has 0 rings (SSSR count). The number of halogens is 5. The van der Waals surface area contributed by atoms with Crippen LogP contribution in [0.15, 0.2) is 0 Å². The smallest absolute Gasteiger partial charge is 0.348 e. The number of hydrogen-bond donors (Lipinski definition) is 2. The molecule has 7 heteroatoms. The molecule has 0 aliphatic carbocycles. The highest BCUT2D eigenvalue weighted by Gasteiger charge is 2.52. The zero-order valence-electron chi connectivity index (χ0n) is 5.78. The molecule has 0 amide bonds. The quantitative estimate of drug-likeness (QED) is 0.763. The number of aliphatic hydroxyl groups excluding tert-OH is 2. The molecule has 0 bridgehead atoms. The summed E-state index contributed by atoms with van der Waals surface area (Å²) in [6.07, 6.45) is -2.65. The first kappa shape index (κ1) is 12.5. The predicted octanol–water partition coefficient (Wildman–Crippen LogP) is 1.62. The average Bonchev–Trinajstić information content (AvgIpc) is 1.84. The van der Waals surface area contributed by atoms with Gasteiger partial charge in [-0.05, 0) is 15.9 Å². The van der Waals surface area contributed by atoms with Gasteiger partial charge in [-0.2, -0.15) is 8.78 Å². The zero-order valence-corrected chi connectivity index (χ0v) is 8.12. The Bertz CT molecular complexity index is 150. The first-order chi connectivity index (χ1) is 5.20. The molecular formula is C5H7BrClF3O2. The molecule has 0 saturated heterocycles. The molecule has 74 valence electrons.